The zero-order valence-corrected chi connectivity index (χ0v) is 18.3. The molecule has 4 aromatic rings. The smallest absolute Gasteiger partial charge is 0.382 e. The first-order valence-corrected chi connectivity index (χ1v) is 10.4. The molecule has 0 radical (unpaired) electrons. The highest BCUT2D eigenvalue weighted by Gasteiger charge is 2.30. The average molecular weight is 465 g/mol. The SMILES string of the molecule is CN(Cc1ccccc1)C(=O)Nc1c(-c2ccccc2)nn(-c2ccc(C(F)(F)F)cc2)c1N. The van der Waals surface area contributed by atoms with Gasteiger partial charge < -0.3 is 16.0 Å². The molecule has 34 heavy (non-hydrogen) atoms. The summed E-state index contributed by atoms with van der Waals surface area (Å²) in [5.74, 6) is 0.0973. The number of nitrogens with zero attached hydrogens (tertiary/aromatic N) is 3. The topological polar surface area (TPSA) is 76.2 Å². The highest BCUT2D eigenvalue weighted by Crippen LogP contribution is 2.35. The summed E-state index contributed by atoms with van der Waals surface area (Å²) in [6.45, 7) is 0.375. The van der Waals surface area contributed by atoms with Crippen molar-refractivity contribution in [1.29, 1.82) is 0 Å². The molecule has 0 spiro atoms. The number of rotatable bonds is 5. The lowest BCUT2D eigenvalue weighted by molar-refractivity contribution is -0.137. The average Bonchev–Trinajstić information content (AvgIpc) is 3.15. The van der Waals surface area contributed by atoms with Gasteiger partial charge in [0, 0.05) is 19.2 Å². The summed E-state index contributed by atoms with van der Waals surface area (Å²) >= 11 is 0. The van der Waals surface area contributed by atoms with Gasteiger partial charge in [0.1, 0.15) is 11.4 Å². The molecule has 0 saturated carbocycles. The fraction of sp³-hybridized carbons (Fsp3) is 0.120. The highest BCUT2D eigenvalue weighted by molar-refractivity contribution is 5.97. The van der Waals surface area contributed by atoms with E-state index >= 15 is 0 Å². The summed E-state index contributed by atoms with van der Waals surface area (Å²) in [4.78, 5) is 14.4. The second-order valence-electron chi connectivity index (χ2n) is 7.70. The van der Waals surface area contributed by atoms with Crippen LogP contribution in [0, 0.1) is 0 Å². The third kappa shape index (κ3) is 4.88. The molecule has 0 unspecified atom stereocenters. The van der Waals surface area contributed by atoms with Gasteiger partial charge in [-0.05, 0) is 29.8 Å². The maximum atomic E-state index is 13.0. The van der Waals surface area contributed by atoms with E-state index in [2.05, 4.69) is 10.4 Å². The van der Waals surface area contributed by atoms with E-state index < -0.39 is 17.8 Å². The van der Waals surface area contributed by atoms with Gasteiger partial charge in [0.15, 0.2) is 5.82 Å². The number of halogens is 3. The van der Waals surface area contributed by atoms with Crippen LogP contribution in [0.3, 0.4) is 0 Å². The molecule has 174 valence electrons. The van der Waals surface area contributed by atoms with Gasteiger partial charge in [0.25, 0.3) is 0 Å². The minimum atomic E-state index is -4.45. The maximum absolute atomic E-state index is 13.0. The number of benzene rings is 3. The number of amides is 2. The molecule has 9 heteroatoms. The third-order valence-corrected chi connectivity index (χ3v) is 5.25. The molecule has 6 nitrogen and oxygen atoms in total. The van der Waals surface area contributed by atoms with Crippen molar-refractivity contribution in [3.8, 4) is 16.9 Å². The van der Waals surface area contributed by atoms with Crippen LogP contribution in [0.1, 0.15) is 11.1 Å². The number of carbonyl (C=O) groups is 1. The zero-order valence-electron chi connectivity index (χ0n) is 18.3. The number of hydrogen-bond donors (Lipinski definition) is 2. The largest absolute Gasteiger partial charge is 0.416 e. The van der Waals surface area contributed by atoms with Crippen molar-refractivity contribution < 1.29 is 18.0 Å². The molecule has 0 fully saturated rings. The number of anilines is 2. The standard InChI is InChI=1S/C25H22F3N5O/c1-32(16-17-8-4-2-5-9-17)24(34)30-22-21(18-10-6-3-7-11-18)31-33(23(22)29)20-14-12-19(13-15-20)25(26,27)28/h2-15H,16,29H2,1H3,(H,30,34). The molecule has 0 aliphatic heterocycles. The summed E-state index contributed by atoms with van der Waals surface area (Å²) in [5, 5.41) is 7.34. The van der Waals surface area contributed by atoms with E-state index in [0.717, 1.165) is 17.7 Å². The number of nitrogens with one attached hydrogen (secondary N) is 1. The molecular weight excluding hydrogens is 443 g/mol. The third-order valence-electron chi connectivity index (χ3n) is 5.25. The van der Waals surface area contributed by atoms with Gasteiger partial charge in [-0.2, -0.15) is 18.3 Å². The van der Waals surface area contributed by atoms with Crippen molar-refractivity contribution in [2.75, 3.05) is 18.1 Å². The minimum Gasteiger partial charge on any atom is -0.382 e. The molecular formula is C25H22F3N5O. The van der Waals surface area contributed by atoms with Crippen LogP contribution in [-0.4, -0.2) is 27.8 Å². The van der Waals surface area contributed by atoms with E-state index in [1.165, 1.54) is 21.7 Å². The first-order valence-electron chi connectivity index (χ1n) is 10.4. The first-order chi connectivity index (χ1) is 16.2. The predicted octanol–water partition coefficient (Wildman–Crippen LogP) is 5.80. The Morgan fingerprint density at radius 1 is 0.971 bits per heavy atom. The van der Waals surface area contributed by atoms with E-state index in [1.807, 2.05) is 60.7 Å². The Balaban J connectivity index is 1.68. The van der Waals surface area contributed by atoms with Gasteiger partial charge >= 0.3 is 12.2 Å². The molecule has 1 aromatic heterocycles. The van der Waals surface area contributed by atoms with Crippen molar-refractivity contribution in [1.82, 2.24) is 14.7 Å². The van der Waals surface area contributed by atoms with Crippen molar-refractivity contribution in [3.63, 3.8) is 0 Å². The molecule has 0 aliphatic carbocycles. The molecule has 2 amide bonds. The van der Waals surface area contributed by atoms with E-state index in [-0.39, 0.29) is 11.5 Å². The van der Waals surface area contributed by atoms with Crippen LogP contribution in [0.5, 0.6) is 0 Å². The molecule has 3 N–H and O–H groups in total. The number of nitrogen functional groups attached to an aromatic ring is 1. The van der Waals surface area contributed by atoms with Crippen molar-refractivity contribution in [2.24, 2.45) is 0 Å². The van der Waals surface area contributed by atoms with Crippen molar-refractivity contribution >= 4 is 17.5 Å². The fourth-order valence-corrected chi connectivity index (χ4v) is 3.47. The van der Waals surface area contributed by atoms with Crippen LogP contribution in [0.4, 0.5) is 29.5 Å². The molecule has 4 rings (SSSR count). The van der Waals surface area contributed by atoms with Crippen molar-refractivity contribution in [3.05, 3.63) is 96.1 Å². The summed E-state index contributed by atoms with van der Waals surface area (Å²) in [6, 6.07) is 22.7. The lowest BCUT2D eigenvalue weighted by Gasteiger charge is -2.18. The molecule has 1 heterocycles. The monoisotopic (exact) mass is 465 g/mol. The Morgan fingerprint density at radius 3 is 2.15 bits per heavy atom. The number of hydrogen-bond acceptors (Lipinski definition) is 3. The van der Waals surface area contributed by atoms with E-state index in [1.54, 1.807) is 7.05 Å². The van der Waals surface area contributed by atoms with Crippen LogP contribution in [0.25, 0.3) is 16.9 Å². The lowest BCUT2D eigenvalue weighted by Crippen LogP contribution is -2.31. The Labute approximate surface area is 194 Å². The predicted molar refractivity (Wildman–Crippen MR) is 125 cm³/mol. The Bertz CT molecular complexity index is 1270. The maximum Gasteiger partial charge on any atom is 0.416 e. The first kappa shape index (κ1) is 22.9. The van der Waals surface area contributed by atoms with Crippen LogP contribution in [-0.2, 0) is 12.7 Å². The van der Waals surface area contributed by atoms with Gasteiger partial charge in [-0.25, -0.2) is 9.48 Å². The Kier molecular flexibility index (Phi) is 6.27. The van der Waals surface area contributed by atoms with Crippen LogP contribution >= 0.6 is 0 Å². The van der Waals surface area contributed by atoms with Crippen LogP contribution in [0.15, 0.2) is 84.9 Å². The van der Waals surface area contributed by atoms with Gasteiger partial charge in [-0.3, -0.25) is 0 Å². The molecule has 0 atom stereocenters. The minimum absolute atomic E-state index is 0.0973. The summed E-state index contributed by atoms with van der Waals surface area (Å²) in [7, 11) is 1.65. The van der Waals surface area contributed by atoms with Gasteiger partial charge in [0.05, 0.1) is 11.3 Å². The molecule has 0 bridgehead atoms. The van der Waals surface area contributed by atoms with Crippen molar-refractivity contribution in [2.45, 2.75) is 12.7 Å². The second-order valence-corrected chi connectivity index (χ2v) is 7.70. The van der Waals surface area contributed by atoms with Crippen LogP contribution in [0.2, 0.25) is 0 Å². The van der Waals surface area contributed by atoms with Crippen LogP contribution < -0.4 is 11.1 Å². The Morgan fingerprint density at radius 2 is 1.56 bits per heavy atom. The zero-order chi connectivity index (χ0) is 24.3. The molecule has 3 aromatic carbocycles. The highest BCUT2D eigenvalue weighted by atomic mass is 19.4. The fourth-order valence-electron chi connectivity index (χ4n) is 3.47. The second kappa shape index (κ2) is 9.30. The molecule has 0 aliphatic rings. The number of carbonyl (C=O) groups excluding carboxylic acids is 1. The summed E-state index contributed by atoms with van der Waals surface area (Å²) in [6.07, 6.45) is -4.45. The number of urea groups is 1. The summed E-state index contributed by atoms with van der Waals surface area (Å²) in [5.41, 5.74) is 8.23. The normalized spacial score (nSPS) is 11.3. The number of alkyl halides is 3. The summed E-state index contributed by atoms with van der Waals surface area (Å²) < 4.78 is 40.2. The Hall–Kier alpha value is -4.27. The lowest BCUT2D eigenvalue weighted by atomic mass is 10.1. The van der Waals surface area contributed by atoms with Gasteiger partial charge in [0.2, 0.25) is 0 Å². The van der Waals surface area contributed by atoms with E-state index in [4.69, 9.17) is 5.73 Å². The van der Waals surface area contributed by atoms with E-state index in [9.17, 15) is 18.0 Å². The van der Waals surface area contributed by atoms with E-state index in [0.29, 0.717) is 23.5 Å². The number of nitrogens with two attached hydrogens (primary N) is 1. The van der Waals surface area contributed by atoms with Gasteiger partial charge in [-0.15, -0.1) is 0 Å². The number of aromatic nitrogens is 2. The quantitative estimate of drug-likeness (QED) is 0.391. The van der Waals surface area contributed by atoms with Gasteiger partial charge in [-0.1, -0.05) is 60.7 Å². The molecule has 0 saturated heterocycles.